The summed E-state index contributed by atoms with van der Waals surface area (Å²) >= 11 is 0. The van der Waals surface area contributed by atoms with Crippen molar-refractivity contribution in [2.24, 2.45) is 5.92 Å². The van der Waals surface area contributed by atoms with Crippen molar-refractivity contribution >= 4 is 33.3 Å². The van der Waals surface area contributed by atoms with Gasteiger partial charge in [0.15, 0.2) is 0 Å². The Balaban J connectivity index is 1.61. The quantitative estimate of drug-likeness (QED) is 0.354. The van der Waals surface area contributed by atoms with Gasteiger partial charge in [0, 0.05) is 30.9 Å². The van der Waals surface area contributed by atoms with E-state index >= 15 is 0 Å². The maximum absolute atomic E-state index is 13.7. The number of rotatable bonds is 8. The summed E-state index contributed by atoms with van der Waals surface area (Å²) in [5, 5.41) is 12.6. The molecule has 10 nitrogen and oxygen atoms in total. The van der Waals surface area contributed by atoms with Crippen molar-refractivity contribution in [1.82, 2.24) is 9.80 Å². The highest BCUT2D eigenvalue weighted by Gasteiger charge is 2.34. The molecule has 0 fully saturated rings. The normalized spacial score (nSPS) is 17.8. The highest BCUT2D eigenvalue weighted by atomic mass is 32.2. The van der Waals surface area contributed by atoms with Crippen molar-refractivity contribution in [3.8, 4) is 5.75 Å². The van der Waals surface area contributed by atoms with Crippen LogP contribution in [-0.2, 0) is 10.0 Å². The smallest absolute Gasteiger partial charge is 0.321 e. The number of anilines is 2. The number of nitrogens with zero attached hydrogens (tertiary/aromatic N) is 2. The Kier molecular flexibility index (Phi) is 9.37. The van der Waals surface area contributed by atoms with Crippen LogP contribution in [0.5, 0.6) is 5.75 Å². The largest absolute Gasteiger partial charge is 0.487 e. The fraction of sp³-hybridized carbons (Fsp3) is 0.333. The number of likely N-dealkylation sites (N-methyl/N-ethyl adjacent to an activating group) is 1. The van der Waals surface area contributed by atoms with Crippen LogP contribution in [0.4, 0.5) is 20.6 Å². The summed E-state index contributed by atoms with van der Waals surface area (Å²) in [5.41, 5.74) is 1.64. The Bertz CT molecular complexity index is 1530. The molecule has 0 saturated carbocycles. The first-order chi connectivity index (χ1) is 19.9. The Labute approximate surface area is 245 Å². The highest BCUT2D eigenvalue weighted by molar-refractivity contribution is 7.92. The molecular formula is C30H35FN4O6S. The number of amides is 3. The molecule has 4 rings (SSSR count). The Morgan fingerprint density at radius 3 is 2.40 bits per heavy atom. The summed E-state index contributed by atoms with van der Waals surface area (Å²) in [6.07, 6.45) is -0.565. The molecule has 3 atom stereocenters. The van der Waals surface area contributed by atoms with Gasteiger partial charge in [-0.2, -0.15) is 0 Å². The van der Waals surface area contributed by atoms with Crippen molar-refractivity contribution < 1.29 is 32.2 Å². The minimum atomic E-state index is -3.93. The average molecular weight is 599 g/mol. The van der Waals surface area contributed by atoms with E-state index in [0.717, 1.165) is 5.56 Å². The number of benzene rings is 3. The number of fused-ring (bicyclic) bond motifs is 1. The number of hydrogen-bond donors (Lipinski definition) is 3. The fourth-order valence-corrected chi connectivity index (χ4v) is 5.59. The zero-order valence-corrected chi connectivity index (χ0v) is 24.7. The minimum Gasteiger partial charge on any atom is -0.487 e. The Morgan fingerprint density at radius 1 is 1.12 bits per heavy atom. The molecule has 3 aromatic rings. The van der Waals surface area contributed by atoms with Crippen LogP contribution in [0.25, 0.3) is 0 Å². The van der Waals surface area contributed by atoms with Gasteiger partial charge in [0.05, 0.1) is 29.7 Å². The summed E-state index contributed by atoms with van der Waals surface area (Å²) in [5.74, 6) is -0.871. The molecule has 0 aromatic heterocycles. The molecule has 3 aromatic carbocycles. The lowest BCUT2D eigenvalue weighted by atomic mass is 9.99. The van der Waals surface area contributed by atoms with Crippen LogP contribution in [0.3, 0.4) is 0 Å². The first-order valence-corrected chi connectivity index (χ1v) is 15.0. The van der Waals surface area contributed by atoms with E-state index in [1.165, 1.54) is 64.4 Å². The van der Waals surface area contributed by atoms with Gasteiger partial charge in [0.1, 0.15) is 17.7 Å². The second-order valence-corrected chi connectivity index (χ2v) is 12.3. The van der Waals surface area contributed by atoms with Gasteiger partial charge in [0.25, 0.3) is 15.9 Å². The molecule has 224 valence electrons. The predicted molar refractivity (Wildman–Crippen MR) is 158 cm³/mol. The van der Waals surface area contributed by atoms with Crippen molar-refractivity contribution in [2.75, 3.05) is 36.8 Å². The molecule has 0 saturated heterocycles. The number of nitrogens with one attached hydrogen (secondary N) is 2. The van der Waals surface area contributed by atoms with Crippen molar-refractivity contribution in [3.63, 3.8) is 0 Å². The van der Waals surface area contributed by atoms with Gasteiger partial charge in [0.2, 0.25) is 0 Å². The van der Waals surface area contributed by atoms with E-state index in [0.29, 0.717) is 5.69 Å². The summed E-state index contributed by atoms with van der Waals surface area (Å²) in [6.45, 7) is 5.54. The average Bonchev–Trinajstić information content (AvgIpc) is 2.96. The lowest BCUT2D eigenvalue weighted by Crippen LogP contribution is -2.50. The number of halogens is 1. The maximum Gasteiger partial charge on any atom is 0.321 e. The summed E-state index contributed by atoms with van der Waals surface area (Å²) in [6, 6.07) is 15.3. The van der Waals surface area contributed by atoms with E-state index in [1.807, 2.05) is 13.8 Å². The molecule has 3 amide bonds. The standard InChI is InChI=1S/C30H35FN4O6S/c1-19-5-12-25(13-6-19)42(39,40)33-24-11-14-27-26(15-24)29(37)35(21(3)18-36)16-20(2)28(41-27)17-34(4)30(38)32-23-9-7-22(31)8-10-23/h5-15,20-21,28,33,36H,16-18H2,1-4H3,(H,32,38)/t20-,21+,28+/m0/s1. The number of aliphatic hydroxyl groups is 1. The summed E-state index contributed by atoms with van der Waals surface area (Å²) < 4.78 is 48.1. The molecule has 3 N–H and O–H groups in total. The summed E-state index contributed by atoms with van der Waals surface area (Å²) in [7, 11) is -2.33. The van der Waals surface area contributed by atoms with E-state index in [9.17, 15) is 27.5 Å². The predicted octanol–water partition coefficient (Wildman–Crippen LogP) is 4.32. The molecule has 0 bridgehead atoms. The number of carbonyl (C=O) groups excluding carboxylic acids is 2. The van der Waals surface area contributed by atoms with Crippen LogP contribution in [0.1, 0.15) is 29.8 Å². The molecule has 1 heterocycles. The number of aryl methyl sites for hydroxylation is 1. The second-order valence-electron chi connectivity index (χ2n) is 10.6. The van der Waals surface area contributed by atoms with E-state index in [2.05, 4.69) is 10.0 Å². The molecule has 0 aliphatic carbocycles. The molecule has 0 unspecified atom stereocenters. The van der Waals surface area contributed by atoms with Crippen LogP contribution >= 0.6 is 0 Å². The van der Waals surface area contributed by atoms with Crippen LogP contribution < -0.4 is 14.8 Å². The van der Waals surface area contributed by atoms with Gasteiger partial charge < -0.3 is 25.0 Å². The van der Waals surface area contributed by atoms with Crippen LogP contribution in [-0.4, -0.2) is 74.2 Å². The van der Waals surface area contributed by atoms with E-state index in [-0.39, 0.29) is 47.5 Å². The van der Waals surface area contributed by atoms with Crippen molar-refractivity contribution in [2.45, 2.75) is 37.8 Å². The van der Waals surface area contributed by atoms with Crippen molar-refractivity contribution in [1.29, 1.82) is 0 Å². The number of hydrogen-bond acceptors (Lipinski definition) is 6. The number of aliphatic hydroxyl groups excluding tert-OH is 1. The number of urea groups is 1. The Morgan fingerprint density at radius 2 is 1.76 bits per heavy atom. The van der Waals surface area contributed by atoms with Gasteiger partial charge >= 0.3 is 6.03 Å². The Hall–Kier alpha value is -4.16. The number of sulfonamides is 1. The summed E-state index contributed by atoms with van der Waals surface area (Å²) in [4.78, 5) is 29.6. The highest BCUT2D eigenvalue weighted by Crippen LogP contribution is 2.31. The molecule has 0 radical (unpaired) electrons. The SMILES string of the molecule is Cc1ccc(S(=O)(=O)Nc2ccc3c(c2)C(=O)N([C@H](C)CO)C[C@H](C)[C@@H](CN(C)C(=O)Nc2ccc(F)cc2)O3)cc1. The molecule has 12 heteroatoms. The van der Waals surface area contributed by atoms with Crippen LogP contribution in [0, 0.1) is 18.7 Å². The number of ether oxygens (including phenoxy) is 1. The lowest BCUT2D eigenvalue weighted by Gasteiger charge is -2.38. The van der Waals surface area contributed by atoms with Crippen LogP contribution in [0.2, 0.25) is 0 Å². The first-order valence-electron chi connectivity index (χ1n) is 13.5. The zero-order chi connectivity index (χ0) is 30.6. The molecule has 42 heavy (non-hydrogen) atoms. The monoisotopic (exact) mass is 598 g/mol. The third-order valence-corrected chi connectivity index (χ3v) is 8.54. The first kappa shape index (κ1) is 30.8. The molecule has 1 aliphatic heterocycles. The van der Waals surface area contributed by atoms with Gasteiger partial charge in [-0.25, -0.2) is 17.6 Å². The van der Waals surface area contributed by atoms with E-state index < -0.39 is 39.9 Å². The van der Waals surface area contributed by atoms with Crippen molar-refractivity contribution in [3.05, 3.63) is 83.7 Å². The molecule has 1 aliphatic rings. The van der Waals surface area contributed by atoms with Gasteiger partial charge in [-0.15, -0.1) is 0 Å². The number of carbonyl (C=O) groups is 2. The van der Waals surface area contributed by atoms with Gasteiger partial charge in [-0.1, -0.05) is 24.6 Å². The lowest BCUT2D eigenvalue weighted by molar-refractivity contribution is 0.0371. The molecule has 0 spiro atoms. The zero-order valence-electron chi connectivity index (χ0n) is 23.9. The fourth-order valence-electron chi connectivity index (χ4n) is 4.54. The van der Waals surface area contributed by atoms with Gasteiger partial charge in [-0.3, -0.25) is 9.52 Å². The van der Waals surface area contributed by atoms with Crippen LogP contribution in [0.15, 0.2) is 71.6 Å². The van der Waals surface area contributed by atoms with E-state index in [1.54, 1.807) is 26.1 Å². The third kappa shape index (κ3) is 7.18. The second kappa shape index (κ2) is 12.8. The third-order valence-electron chi connectivity index (χ3n) is 7.14. The molecular weight excluding hydrogens is 563 g/mol. The van der Waals surface area contributed by atoms with Gasteiger partial charge in [-0.05, 0) is 68.4 Å². The maximum atomic E-state index is 13.7. The topological polar surface area (TPSA) is 128 Å². The van der Waals surface area contributed by atoms with E-state index in [4.69, 9.17) is 4.74 Å². The minimum absolute atomic E-state index is 0.0776.